The van der Waals surface area contributed by atoms with Crippen molar-refractivity contribution in [3.63, 3.8) is 0 Å². The van der Waals surface area contributed by atoms with Crippen LogP contribution in [0.2, 0.25) is 0 Å². The van der Waals surface area contributed by atoms with Gasteiger partial charge >= 0.3 is 0 Å². The number of hydrogen-bond acceptors (Lipinski definition) is 5. The van der Waals surface area contributed by atoms with Crippen LogP contribution in [-0.4, -0.2) is 34.6 Å². The number of aromatic nitrogens is 2. The van der Waals surface area contributed by atoms with E-state index < -0.39 is 0 Å². The lowest BCUT2D eigenvalue weighted by Crippen LogP contribution is -2.26. The van der Waals surface area contributed by atoms with Crippen molar-refractivity contribution in [2.45, 2.75) is 43.6 Å². The van der Waals surface area contributed by atoms with Crippen molar-refractivity contribution in [1.29, 1.82) is 0 Å². The van der Waals surface area contributed by atoms with Crippen LogP contribution < -0.4 is 0 Å². The Labute approximate surface area is 93.8 Å². The van der Waals surface area contributed by atoms with Crippen molar-refractivity contribution in [3.05, 3.63) is 11.7 Å². The minimum atomic E-state index is -0.177. The van der Waals surface area contributed by atoms with Gasteiger partial charge in [-0.05, 0) is 25.7 Å². The fourth-order valence-electron chi connectivity index (χ4n) is 2.32. The molecule has 88 valence electrons. The highest BCUT2D eigenvalue weighted by molar-refractivity contribution is 5.04. The third-order valence-corrected chi connectivity index (χ3v) is 3.51. The molecule has 2 heterocycles. The highest BCUT2D eigenvalue weighted by Gasteiger charge is 2.33. The van der Waals surface area contributed by atoms with Gasteiger partial charge in [-0.25, -0.2) is 0 Å². The van der Waals surface area contributed by atoms with Crippen molar-refractivity contribution in [2.75, 3.05) is 13.2 Å². The highest BCUT2D eigenvalue weighted by atomic mass is 16.5. The molecule has 0 unspecified atom stereocenters. The molecule has 3 rings (SSSR count). The summed E-state index contributed by atoms with van der Waals surface area (Å²) in [6, 6.07) is 0. The minimum absolute atomic E-state index is 0.177. The van der Waals surface area contributed by atoms with Crippen molar-refractivity contribution in [3.8, 4) is 0 Å². The van der Waals surface area contributed by atoms with Gasteiger partial charge in [0.05, 0.1) is 6.10 Å². The topological polar surface area (TPSA) is 68.4 Å². The van der Waals surface area contributed by atoms with Crippen LogP contribution in [0.5, 0.6) is 0 Å². The first-order valence-electron chi connectivity index (χ1n) is 5.92. The molecule has 5 nitrogen and oxygen atoms in total. The lowest BCUT2D eigenvalue weighted by molar-refractivity contribution is 0.0624. The number of ether oxygens (including phenoxy) is 1. The maximum absolute atomic E-state index is 9.23. The van der Waals surface area contributed by atoms with Crippen molar-refractivity contribution < 1.29 is 14.4 Å². The summed E-state index contributed by atoms with van der Waals surface area (Å²) in [6.07, 6.45) is 3.30. The second kappa shape index (κ2) is 4.14. The van der Waals surface area contributed by atoms with Crippen LogP contribution >= 0.6 is 0 Å². The Morgan fingerprint density at radius 2 is 1.88 bits per heavy atom. The maximum Gasteiger partial charge on any atom is 0.229 e. The molecule has 0 amide bonds. The van der Waals surface area contributed by atoms with E-state index in [9.17, 15) is 5.11 Å². The molecule has 2 fully saturated rings. The van der Waals surface area contributed by atoms with E-state index >= 15 is 0 Å². The van der Waals surface area contributed by atoms with Gasteiger partial charge in [-0.1, -0.05) is 5.16 Å². The lowest BCUT2D eigenvalue weighted by Gasteiger charge is -2.27. The predicted molar refractivity (Wildman–Crippen MR) is 55.1 cm³/mol. The molecular weight excluding hydrogens is 208 g/mol. The van der Waals surface area contributed by atoms with Crippen LogP contribution in [0.25, 0.3) is 0 Å². The summed E-state index contributed by atoms with van der Waals surface area (Å²) in [5.74, 6) is 2.18. The van der Waals surface area contributed by atoms with Crippen LogP contribution in [0.4, 0.5) is 0 Å². The maximum atomic E-state index is 9.23. The van der Waals surface area contributed by atoms with E-state index in [-0.39, 0.29) is 12.0 Å². The van der Waals surface area contributed by atoms with Crippen molar-refractivity contribution in [2.24, 2.45) is 0 Å². The SMILES string of the molecule is OC1CC(c2nc(C3CCOCC3)no2)C1. The van der Waals surface area contributed by atoms with Crippen LogP contribution in [0, 0.1) is 0 Å². The molecular formula is C11H16N2O3. The molecule has 1 N–H and O–H groups in total. The first kappa shape index (κ1) is 10.2. The Balaban J connectivity index is 1.67. The van der Waals surface area contributed by atoms with E-state index in [4.69, 9.17) is 9.26 Å². The zero-order chi connectivity index (χ0) is 11.0. The number of aliphatic hydroxyl groups is 1. The van der Waals surface area contributed by atoms with Crippen LogP contribution in [-0.2, 0) is 4.74 Å². The fraction of sp³-hybridized carbons (Fsp3) is 0.818. The highest BCUT2D eigenvalue weighted by Crippen LogP contribution is 2.36. The normalized spacial score (nSPS) is 31.3. The summed E-state index contributed by atoms with van der Waals surface area (Å²) in [5.41, 5.74) is 0. The van der Waals surface area contributed by atoms with E-state index in [1.54, 1.807) is 0 Å². The minimum Gasteiger partial charge on any atom is -0.393 e. The third kappa shape index (κ3) is 1.85. The Hall–Kier alpha value is -0.940. The van der Waals surface area contributed by atoms with E-state index in [0.29, 0.717) is 11.8 Å². The quantitative estimate of drug-likeness (QED) is 0.817. The molecule has 0 radical (unpaired) electrons. The van der Waals surface area contributed by atoms with Crippen molar-refractivity contribution in [1.82, 2.24) is 10.1 Å². The lowest BCUT2D eigenvalue weighted by atomic mass is 9.82. The molecule has 1 saturated heterocycles. The molecule has 0 bridgehead atoms. The molecule has 1 saturated carbocycles. The van der Waals surface area contributed by atoms with E-state index in [1.807, 2.05) is 0 Å². The Morgan fingerprint density at radius 1 is 1.12 bits per heavy atom. The second-order valence-electron chi connectivity index (χ2n) is 4.70. The van der Waals surface area contributed by atoms with Gasteiger partial charge in [-0.15, -0.1) is 0 Å². The molecule has 1 aromatic heterocycles. The van der Waals surface area contributed by atoms with Gasteiger partial charge in [-0.2, -0.15) is 4.98 Å². The molecule has 16 heavy (non-hydrogen) atoms. The first-order chi connectivity index (χ1) is 7.83. The average molecular weight is 224 g/mol. The summed E-state index contributed by atoms with van der Waals surface area (Å²) in [6.45, 7) is 1.58. The van der Waals surface area contributed by atoms with Crippen LogP contribution in [0.15, 0.2) is 4.52 Å². The summed E-state index contributed by atoms with van der Waals surface area (Å²) in [5, 5.41) is 13.3. The molecule has 1 aliphatic heterocycles. The average Bonchev–Trinajstić information content (AvgIpc) is 2.75. The molecule has 2 aliphatic rings. The fourth-order valence-corrected chi connectivity index (χ4v) is 2.32. The third-order valence-electron chi connectivity index (χ3n) is 3.51. The largest absolute Gasteiger partial charge is 0.393 e. The van der Waals surface area contributed by atoms with Gasteiger partial charge in [0, 0.05) is 25.0 Å². The molecule has 1 aromatic rings. The van der Waals surface area contributed by atoms with Crippen LogP contribution in [0.1, 0.15) is 49.2 Å². The van der Waals surface area contributed by atoms with E-state index in [0.717, 1.165) is 44.7 Å². The van der Waals surface area contributed by atoms with Gasteiger partial charge in [0.15, 0.2) is 5.82 Å². The number of rotatable bonds is 2. The number of nitrogens with zero attached hydrogens (tertiary/aromatic N) is 2. The molecule has 0 spiro atoms. The van der Waals surface area contributed by atoms with Crippen molar-refractivity contribution >= 4 is 0 Å². The van der Waals surface area contributed by atoms with E-state index in [1.165, 1.54) is 0 Å². The Bertz CT molecular complexity index is 354. The monoisotopic (exact) mass is 224 g/mol. The smallest absolute Gasteiger partial charge is 0.229 e. The first-order valence-corrected chi connectivity index (χ1v) is 5.92. The molecule has 0 aromatic carbocycles. The zero-order valence-corrected chi connectivity index (χ0v) is 9.13. The van der Waals surface area contributed by atoms with E-state index in [2.05, 4.69) is 10.1 Å². The van der Waals surface area contributed by atoms with Gasteiger partial charge in [-0.3, -0.25) is 0 Å². The van der Waals surface area contributed by atoms with Crippen LogP contribution in [0.3, 0.4) is 0 Å². The summed E-state index contributed by atoms with van der Waals surface area (Å²) >= 11 is 0. The second-order valence-corrected chi connectivity index (χ2v) is 4.70. The number of aliphatic hydroxyl groups excluding tert-OH is 1. The van der Waals surface area contributed by atoms with Gasteiger partial charge in [0.2, 0.25) is 5.89 Å². The Kier molecular flexibility index (Phi) is 2.65. The summed E-state index contributed by atoms with van der Waals surface area (Å²) < 4.78 is 10.6. The summed E-state index contributed by atoms with van der Waals surface area (Å²) in [4.78, 5) is 4.45. The Morgan fingerprint density at radius 3 is 2.56 bits per heavy atom. The van der Waals surface area contributed by atoms with Gasteiger partial charge in [0.1, 0.15) is 0 Å². The standard InChI is InChI=1S/C11H16N2O3/c14-9-5-8(6-9)11-12-10(13-16-11)7-1-3-15-4-2-7/h7-9,14H,1-6H2. The van der Waals surface area contributed by atoms with Gasteiger partial charge < -0.3 is 14.4 Å². The van der Waals surface area contributed by atoms with Gasteiger partial charge in [0.25, 0.3) is 0 Å². The molecule has 5 heteroatoms. The molecule has 0 atom stereocenters. The predicted octanol–water partition coefficient (Wildman–Crippen LogP) is 1.20. The molecule has 1 aliphatic carbocycles. The number of hydrogen-bond donors (Lipinski definition) is 1. The summed E-state index contributed by atoms with van der Waals surface area (Å²) in [7, 11) is 0. The zero-order valence-electron chi connectivity index (χ0n) is 9.13.